The normalized spacial score (nSPS) is 20.1. The summed E-state index contributed by atoms with van der Waals surface area (Å²) in [6.45, 7) is 4.22. The van der Waals surface area contributed by atoms with E-state index in [1.807, 2.05) is 0 Å². The first-order valence-corrected chi connectivity index (χ1v) is 2.98. The lowest BCUT2D eigenvalue weighted by molar-refractivity contribution is 0.445. The molecule has 1 saturated carbocycles. The van der Waals surface area contributed by atoms with Gasteiger partial charge in [-0.15, -0.1) is 12.3 Å². The first-order valence-electron chi connectivity index (χ1n) is 2.98. The van der Waals surface area contributed by atoms with Crippen molar-refractivity contribution in [1.29, 1.82) is 0 Å². The van der Waals surface area contributed by atoms with Gasteiger partial charge in [0.15, 0.2) is 0 Å². The molecule has 0 heterocycles. The van der Waals surface area contributed by atoms with E-state index in [-0.39, 0.29) is 5.41 Å². The molecule has 1 atom stereocenters. The van der Waals surface area contributed by atoms with Crippen molar-refractivity contribution < 1.29 is 0 Å². The van der Waals surface area contributed by atoms with E-state index in [4.69, 9.17) is 6.42 Å². The fourth-order valence-corrected chi connectivity index (χ4v) is 0.764. The van der Waals surface area contributed by atoms with Crippen molar-refractivity contribution >= 4 is 0 Å². The Labute approximate surface area is 51.3 Å². The van der Waals surface area contributed by atoms with Crippen LogP contribution in [0.4, 0.5) is 0 Å². The van der Waals surface area contributed by atoms with Gasteiger partial charge in [-0.1, -0.05) is 0 Å². The lowest BCUT2D eigenvalue weighted by Crippen LogP contribution is -2.09. The molecule has 8 heavy (non-hydrogen) atoms. The van der Waals surface area contributed by atoms with E-state index in [0.29, 0.717) is 5.92 Å². The number of hydrogen-bond donors (Lipinski definition) is 0. The molecule has 1 aliphatic carbocycles. The highest BCUT2D eigenvalue weighted by atomic mass is 14.4. The fourth-order valence-electron chi connectivity index (χ4n) is 0.764. The maximum Gasteiger partial charge on any atom is 0.0286 e. The summed E-state index contributed by atoms with van der Waals surface area (Å²) in [5.41, 5.74) is 0.125. The zero-order chi connectivity index (χ0) is 6.20. The maximum atomic E-state index is 5.28. The molecule has 1 rings (SSSR count). The Bertz CT molecular complexity index is 121. The van der Waals surface area contributed by atoms with Gasteiger partial charge in [0.25, 0.3) is 0 Å². The Morgan fingerprint density at radius 3 is 2.38 bits per heavy atom. The van der Waals surface area contributed by atoms with Crippen molar-refractivity contribution in [3.05, 3.63) is 6.42 Å². The monoisotopic (exact) mass is 107 g/mol. The van der Waals surface area contributed by atoms with Crippen molar-refractivity contribution in [2.45, 2.75) is 20.3 Å². The number of rotatable bonds is 1. The van der Waals surface area contributed by atoms with Gasteiger partial charge < -0.3 is 0 Å². The third kappa shape index (κ3) is 0.865. The first kappa shape index (κ1) is 5.69. The van der Waals surface area contributed by atoms with Crippen LogP contribution in [0.2, 0.25) is 0 Å². The molecule has 0 heteroatoms. The predicted octanol–water partition coefficient (Wildman–Crippen LogP) is 1.87. The summed E-state index contributed by atoms with van der Waals surface area (Å²) < 4.78 is 0. The van der Waals surface area contributed by atoms with Crippen molar-refractivity contribution in [1.82, 2.24) is 0 Å². The molecule has 43 valence electrons. The summed E-state index contributed by atoms with van der Waals surface area (Å²) >= 11 is 0. The minimum atomic E-state index is 0.125. The van der Waals surface area contributed by atoms with Gasteiger partial charge in [-0.05, 0) is 32.6 Å². The molecule has 0 nitrogen and oxygen atoms in total. The van der Waals surface area contributed by atoms with Gasteiger partial charge in [-0.3, -0.25) is 0 Å². The zero-order valence-corrected chi connectivity index (χ0v) is 5.44. The van der Waals surface area contributed by atoms with Crippen LogP contribution in [0.3, 0.4) is 0 Å². The molecular weight excluding hydrogens is 96.1 g/mol. The van der Waals surface area contributed by atoms with Crippen LogP contribution in [-0.2, 0) is 0 Å². The predicted molar refractivity (Wildman–Crippen MR) is 35.0 cm³/mol. The largest absolute Gasteiger partial charge is 0.120 e. The van der Waals surface area contributed by atoms with Crippen molar-refractivity contribution in [2.75, 3.05) is 0 Å². The van der Waals surface area contributed by atoms with E-state index in [2.05, 4.69) is 26.2 Å². The Morgan fingerprint density at radius 1 is 1.75 bits per heavy atom. The second kappa shape index (κ2) is 1.52. The molecular formula is C8H11. The quantitative estimate of drug-likeness (QED) is 0.449. The van der Waals surface area contributed by atoms with Crippen LogP contribution in [0, 0.1) is 30.1 Å². The molecule has 0 aromatic heterocycles. The van der Waals surface area contributed by atoms with Crippen LogP contribution in [-0.4, -0.2) is 0 Å². The standard InChI is InChI=1S/C8H11/c1-4-8(2,3)7-5-6-7/h1,5,7H,6H2,2-3H3. The zero-order valence-electron chi connectivity index (χ0n) is 5.44. The van der Waals surface area contributed by atoms with Gasteiger partial charge in [-0.25, -0.2) is 0 Å². The minimum absolute atomic E-state index is 0.125. The van der Waals surface area contributed by atoms with Crippen LogP contribution < -0.4 is 0 Å². The van der Waals surface area contributed by atoms with E-state index in [1.54, 1.807) is 0 Å². The Balaban J connectivity index is 2.53. The molecule has 0 spiro atoms. The molecule has 1 radical (unpaired) electrons. The van der Waals surface area contributed by atoms with Gasteiger partial charge in [0.2, 0.25) is 0 Å². The topological polar surface area (TPSA) is 0 Å². The second-order valence-corrected chi connectivity index (χ2v) is 2.94. The van der Waals surface area contributed by atoms with Gasteiger partial charge >= 0.3 is 0 Å². The van der Waals surface area contributed by atoms with Gasteiger partial charge in [0.1, 0.15) is 0 Å². The number of hydrogen-bond acceptors (Lipinski definition) is 0. The lowest BCUT2D eigenvalue weighted by atomic mass is 9.89. The molecule has 0 amide bonds. The van der Waals surface area contributed by atoms with Crippen molar-refractivity contribution in [3.8, 4) is 12.3 Å². The van der Waals surface area contributed by atoms with Crippen LogP contribution in [0.15, 0.2) is 0 Å². The van der Waals surface area contributed by atoms with Gasteiger partial charge in [0, 0.05) is 5.41 Å². The maximum absolute atomic E-state index is 5.28. The SMILES string of the molecule is C#CC(C)(C)C1[CH]C1. The highest BCUT2D eigenvalue weighted by Crippen LogP contribution is 2.43. The molecule has 0 aliphatic heterocycles. The molecule has 0 saturated heterocycles. The van der Waals surface area contributed by atoms with Crippen LogP contribution >= 0.6 is 0 Å². The van der Waals surface area contributed by atoms with E-state index in [1.165, 1.54) is 6.42 Å². The average molecular weight is 107 g/mol. The average Bonchev–Trinajstić information content (AvgIpc) is 2.44. The number of terminal acetylenes is 1. The Hall–Kier alpha value is -0.440. The fraction of sp³-hybridized carbons (Fsp3) is 0.625. The molecule has 1 aliphatic rings. The molecule has 1 fully saturated rings. The molecule has 0 N–H and O–H groups in total. The van der Waals surface area contributed by atoms with Crippen molar-refractivity contribution in [3.63, 3.8) is 0 Å². The van der Waals surface area contributed by atoms with Gasteiger partial charge in [0.05, 0.1) is 0 Å². The highest BCUT2D eigenvalue weighted by molar-refractivity contribution is 5.14. The van der Waals surface area contributed by atoms with Crippen LogP contribution in [0.1, 0.15) is 20.3 Å². The van der Waals surface area contributed by atoms with Gasteiger partial charge in [-0.2, -0.15) is 0 Å². The highest BCUT2D eigenvalue weighted by Gasteiger charge is 2.36. The first-order chi connectivity index (χ1) is 3.67. The van der Waals surface area contributed by atoms with E-state index in [9.17, 15) is 0 Å². The summed E-state index contributed by atoms with van der Waals surface area (Å²) in [6, 6.07) is 0. The third-order valence-corrected chi connectivity index (χ3v) is 1.77. The summed E-state index contributed by atoms with van der Waals surface area (Å²) in [5, 5.41) is 0. The van der Waals surface area contributed by atoms with E-state index in [0.717, 1.165) is 0 Å². The minimum Gasteiger partial charge on any atom is -0.120 e. The van der Waals surface area contributed by atoms with Crippen LogP contribution in [0.25, 0.3) is 0 Å². The second-order valence-electron chi connectivity index (χ2n) is 2.94. The van der Waals surface area contributed by atoms with E-state index >= 15 is 0 Å². The molecule has 0 bridgehead atoms. The summed E-state index contributed by atoms with van der Waals surface area (Å²) in [6.07, 6.45) is 8.76. The lowest BCUT2D eigenvalue weighted by Gasteiger charge is -2.14. The van der Waals surface area contributed by atoms with E-state index < -0.39 is 0 Å². The molecule has 0 aromatic rings. The summed E-state index contributed by atoms with van der Waals surface area (Å²) in [4.78, 5) is 0. The third-order valence-electron chi connectivity index (χ3n) is 1.77. The summed E-state index contributed by atoms with van der Waals surface area (Å²) in [7, 11) is 0. The molecule has 0 aromatic carbocycles. The summed E-state index contributed by atoms with van der Waals surface area (Å²) in [5.74, 6) is 3.47. The smallest absolute Gasteiger partial charge is 0.0286 e. The molecule has 1 unspecified atom stereocenters. The van der Waals surface area contributed by atoms with Crippen LogP contribution in [0.5, 0.6) is 0 Å². The Morgan fingerprint density at radius 2 is 2.25 bits per heavy atom. The Kier molecular flexibility index (Phi) is 1.08. The van der Waals surface area contributed by atoms with Crippen molar-refractivity contribution in [2.24, 2.45) is 11.3 Å².